The van der Waals surface area contributed by atoms with E-state index in [1.165, 1.54) is 19.4 Å². The summed E-state index contributed by atoms with van der Waals surface area (Å²) >= 11 is 0. The van der Waals surface area contributed by atoms with Gasteiger partial charge in [-0.2, -0.15) is 10.4 Å². The number of rotatable bonds is 4. The van der Waals surface area contributed by atoms with E-state index >= 15 is 0 Å². The van der Waals surface area contributed by atoms with E-state index in [-0.39, 0.29) is 5.92 Å². The van der Waals surface area contributed by atoms with Gasteiger partial charge in [-0.25, -0.2) is 4.79 Å². The van der Waals surface area contributed by atoms with Gasteiger partial charge in [0, 0.05) is 0 Å². The molecule has 0 radical (unpaired) electrons. The molecule has 6 heteroatoms. The summed E-state index contributed by atoms with van der Waals surface area (Å²) in [4.78, 5) is 11.5. The van der Waals surface area contributed by atoms with Gasteiger partial charge in [0.1, 0.15) is 12.1 Å². The van der Waals surface area contributed by atoms with E-state index in [2.05, 4.69) is 20.3 Å². The fraction of sp³-hybridized carbons (Fsp3) is 0.455. The zero-order chi connectivity index (χ0) is 12.8. The number of ether oxygens (including phenoxy) is 1. The van der Waals surface area contributed by atoms with Crippen molar-refractivity contribution < 1.29 is 9.53 Å². The first kappa shape index (κ1) is 12.9. The summed E-state index contributed by atoms with van der Waals surface area (Å²) in [6.07, 6.45) is 1.42. The maximum atomic E-state index is 11.5. The molecule has 1 atom stereocenters. The molecule has 1 aromatic rings. The molecule has 0 saturated heterocycles. The molecule has 0 amide bonds. The molecule has 0 bridgehead atoms. The summed E-state index contributed by atoms with van der Waals surface area (Å²) < 4.78 is 4.69. The van der Waals surface area contributed by atoms with E-state index in [1.54, 1.807) is 0 Å². The Kier molecular flexibility index (Phi) is 4.40. The number of aromatic nitrogens is 2. The van der Waals surface area contributed by atoms with Crippen LogP contribution in [0.5, 0.6) is 0 Å². The highest BCUT2D eigenvalue weighted by Gasteiger charge is 2.24. The Bertz CT molecular complexity index is 439. The van der Waals surface area contributed by atoms with Crippen molar-refractivity contribution in [1.82, 2.24) is 10.2 Å². The van der Waals surface area contributed by atoms with E-state index in [1.807, 2.05) is 19.9 Å². The van der Waals surface area contributed by atoms with Gasteiger partial charge in [0.2, 0.25) is 0 Å². The molecule has 0 spiro atoms. The van der Waals surface area contributed by atoms with Crippen LogP contribution in [0.3, 0.4) is 0 Å². The lowest BCUT2D eigenvalue weighted by molar-refractivity contribution is -0.142. The molecule has 1 N–H and O–H groups in total. The summed E-state index contributed by atoms with van der Waals surface area (Å²) in [5.41, 5.74) is 0.342. The Morgan fingerprint density at radius 3 is 2.82 bits per heavy atom. The number of nitrogens with zero attached hydrogens (tertiary/aromatic N) is 3. The third-order valence-electron chi connectivity index (χ3n) is 2.26. The molecule has 0 aromatic carbocycles. The molecule has 1 unspecified atom stereocenters. The molecule has 1 rings (SSSR count). The number of hydrogen-bond donors (Lipinski definition) is 1. The molecule has 1 heterocycles. The Morgan fingerprint density at radius 2 is 2.29 bits per heavy atom. The second-order valence-electron chi connectivity index (χ2n) is 3.79. The molecule has 0 aliphatic carbocycles. The van der Waals surface area contributed by atoms with Crippen LogP contribution in [-0.4, -0.2) is 29.3 Å². The summed E-state index contributed by atoms with van der Waals surface area (Å²) in [5, 5.41) is 19.2. The van der Waals surface area contributed by atoms with Gasteiger partial charge in [-0.15, -0.1) is 5.10 Å². The number of methoxy groups -OCH3 is 1. The van der Waals surface area contributed by atoms with Gasteiger partial charge in [-0.1, -0.05) is 13.8 Å². The van der Waals surface area contributed by atoms with Gasteiger partial charge in [0.15, 0.2) is 5.82 Å². The van der Waals surface area contributed by atoms with Gasteiger partial charge >= 0.3 is 5.97 Å². The molecule has 0 saturated carbocycles. The van der Waals surface area contributed by atoms with Crippen LogP contribution in [0.4, 0.5) is 5.82 Å². The fourth-order valence-corrected chi connectivity index (χ4v) is 1.30. The van der Waals surface area contributed by atoms with Gasteiger partial charge in [-0.3, -0.25) is 0 Å². The Labute approximate surface area is 99.6 Å². The predicted octanol–water partition coefficient (Wildman–Crippen LogP) is 0.958. The van der Waals surface area contributed by atoms with Crippen LogP contribution >= 0.6 is 0 Å². The lowest BCUT2D eigenvalue weighted by atomic mass is 10.0. The van der Waals surface area contributed by atoms with Gasteiger partial charge in [0.25, 0.3) is 0 Å². The first-order chi connectivity index (χ1) is 8.10. The summed E-state index contributed by atoms with van der Waals surface area (Å²) in [5.74, 6) is -0.0929. The maximum Gasteiger partial charge on any atom is 0.328 e. The largest absolute Gasteiger partial charge is 0.467 e. The number of carbonyl (C=O) groups is 1. The van der Waals surface area contributed by atoms with Crippen molar-refractivity contribution in [1.29, 1.82) is 5.26 Å². The molecule has 17 heavy (non-hydrogen) atoms. The van der Waals surface area contributed by atoms with E-state index in [4.69, 9.17) is 5.26 Å². The van der Waals surface area contributed by atoms with Gasteiger partial charge in [-0.05, 0) is 12.0 Å². The summed E-state index contributed by atoms with van der Waals surface area (Å²) in [6.45, 7) is 3.74. The van der Waals surface area contributed by atoms with Gasteiger partial charge < -0.3 is 10.1 Å². The van der Waals surface area contributed by atoms with E-state index < -0.39 is 12.0 Å². The number of nitrogens with one attached hydrogen (secondary N) is 1. The minimum atomic E-state index is -0.552. The zero-order valence-electron chi connectivity index (χ0n) is 9.97. The number of esters is 1. The summed E-state index contributed by atoms with van der Waals surface area (Å²) in [7, 11) is 1.32. The predicted molar refractivity (Wildman–Crippen MR) is 61.0 cm³/mol. The number of nitriles is 1. The smallest absolute Gasteiger partial charge is 0.328 e. The van der Waals surface area contributed by atoms with Crippen molar-refractivity contribution in [3.05, 3.63) is 17.8 Å². The van der Waals surface area contributed by atoms with E-state index in [0.717, 1.165) is 0 Å². The molecular weight excluding hydrogens is 220 g/mol. The third kappa shape index (κ3) is 3.14. The standard InChI is InChI=1S/C11H14N4O2/c1-7(2)9(11(16)17-3)14-10-8(6-12)4-5-13-15-10/h4-5,7,9H,1-3H3,(H,14,15). The van der Waals surface area contributed by atoms with Crippen LogP contribution < -0.4 is 5.32 Å². The first-order valence-electron chi connectivity index (χ1n) is 5.16. The van der Waals surface area contributed by atoms with Crippen LogP contribution in [0.1, 0.15) is 19.4 Å². The second kappa shape index (κ2) is 5.80. The zero-order valence-corrected chi connectivity index (χ0v) is 9.97. The third-order valence-corrected chi connectivity index (χ3v) is 2.26. The molecular formula is C11H14N4O2. The lowest BCUT2D eigenvalue weighted by Gasteiger charge is -2.20. The van der Waals surface area contributed by atoms with Crippen LogP contribution in [0.2, 0.25) is 0 Å². The maximum absolute atomic E-state index is 11.5. The van der Waals surface area contributed by atoms with Crippen molar-refractivity contribution in [2.75, 3.05) is 12.4 Å². The normalized spacial score (nSPS) is 11.7. The number of hydrogen-bond acceptors (Lipinski definition) is 6. The van der Waals surface area contributed by atoms with Crippen LogP contribution in [0.25, 0.3) is 0 Å². The highest BCUT2D eigenvalue weighted by Crippen LogP contribution is 2.14. The van der Waals surface area contributed by atoms with E-state index in [0.29, 0.717) is 11.4 Å². The van der Waals surface area contributed by atoms with Crippen LogP contribution in [0.15, 0.2) is 12.3 Å². The second-order valence-corrected chi connectivity index (χ2v) is 3.79. The van der Waals surface area contributed by atoms with Crippen molar-refractivity contribution in [2.45, 2.75) is 19.9 Å². The number of carbonyl (C=O) groups excluding carboxylic acids is 1. The highest BCUT2D eigenvalue weighted by atomic mass is 16.5. The van der Waals surface area contributed by atoms with E-state index in [9.17, 15) is 4.79 Å². The Morgan fingerprint density at radius 1 is 1.59 bits per heavy atom. The molecule has 1 aromatic heterocycles. The molecule has 0 aliphatic heterocycles. The quantitative estimate of drug-likeness (QED) is 0.780. The average molecular weight is 234 g/mol. The van der Waals surface area contributed by atoms with Crippen molar-refractivity contribution in [3.8, 4) is 6.07 Å². The molecule has 90 valence electrons. The Hall–Kier alpha value is -2.16. The monoisotopic (exact) mass is 234 g/mol. The molecule has 0 fully saturated rings. The summed E-state index contributed by atoms with van der Waals surface area (Å²) in [6, 6.07) is 2.96. The average Bonchev–Trinajstić information content (AvgIpc) is 2.35. The van der Waals surface area contributed by atoms with Crippen LogP contribution in [0, 0.1) is 17.2 Å². The number of anilines is 1. The topological polar surface area (TPSA) is 87.9 Å². The molecule has 0 aliphatic rings. The SMILES string of the molecule is COC(=O)C(Nc1nnccc1C#N)C(C)C. The van der Waals surface area contributed by atoms with Crippen LogP contribution in [-0.2, 0) is 9.53 Å². The first-order valence-corrected chi connectivity index (χ1v) is 5.16. The molecule has 6 nitrogen and oxygen atoms in total. The fourth-order valence-electron chi connectivity index (χ4n) is 1.30. The lowest BCUT2D eigenvalue weighted by Crippen LogP contribution is -2.36. The van der Waals surface area contributed by atoms with Crippen molar-refractivity contribution in [3.63, 3.8) is 0 Å². The van der Waals surface area contributed by atoms with Gasteiger partial charge in [0.05, 0.1) is 18.9 Å². The van der Waals surface area contributed by atoms with Crippen molar-refractivity contribution >= 4 is 11.8 Å². The minimum Gasteiger partial charge on any atom is -0.467 e. The minimum absolute atomic E-state index is 0.0102. The Balaban J connectivity index is 2.94. The van der Waals surface area contributed by atoms with Crippen molar-refractivity contribution in [2.24, 2.45) is 5.92 Å². The highest BCUT2D eigenvalue weighted by molar-refractivity contribution is 5.79.